The maximum atomic E-state index is 11.1. The molecule has 2 rings (SSSR count). The molecule has 0 aliphatic heterocycles. The molecule has 0 atom stereocenters. The fraction of sp³-hybridized carbons (Fsp3) is 0.214. The monoisotopic (exact) mass is 256 g/mol. The van der Waals surface area contributed by atoms with Crippen molar-refractivity contribution in [3.05, 3.63) is 48.0 Å². The molecule has 98 valence electrons. The van der Waals surface area contributed by atoms with Crippen molar-refractivity contribution in [2.45, 2.75) is 20.4 Å². The lowest BCUT2D eigenvalue weighted by atomic mass is 10.1. The quantitative estimate of drug-likeness (QED) is 0.881. The van der Waals surface area contributed by atoms with Crippen LogP contribution in [0.15, 0.2) is 36.8 Å². The standard InChI is InChI=1S/C14H16N4O/c1-10-3-4-12(7-14(10)18-11(2)19)17-9-13-8-15-5-6-16-13/h3-8,17H,9H2,1-2H3,(H,18,19). The molecule has 0 aliphatic rings. The number of hydrogen-bond acceptors (Lipinski definition) is 4. The number of nitrogens with zero attached hydrogens (tertiary/aromatic N) is 2. The average Bonchev–Trinajstić information content (AvgIpc) is 2.40. The molecule has 0 saturated heterocycles. The van der Waals surface area contributed by atoms with Crippen LogP contribution in [0.5, 0.6) is 0 Å². The summed E-state index contributed by atoms with van der Waals surface area (Å²) in [4.78, 5) is 19.3. The molecule has 2 N–H and O–H groups in total. The van der Waals surface area contributed by atoms with Crippen molar-refractivity contribution < 1.29 is 4.79 Å². The van der Waals surface area contributed by atoms with Crippen LogP contribution in [0, 0.1) is 6.92 Å². The number of rotatable bonds is 4. The van der Waals surface area contributed by atoms with Crippen LogP contribution in [0.2, 0.25) is 0 Å². The molecule has 2 aromatic rings. The highest BCUT2D eigenvalue weighted by Gasteiger charge is 2.02. The number of hydrogen-bond donors (Lipinski definition) is 2. The minimum absolute atomic E-state index is 0.0748. The fourth-order valence-electron chi connectivity index (χ4n) is 1.67. The van der Waals surface area contributed by atoms with Crippen LogP contribution >= 0.6 is 0 Å². The first-order valence-corrected chi connectivity index (χ1v) is 6.02. The van der Waals surface area contributed by atoms with Crippen molar-refractivity contribution in [3.8, 4) is 0 Å². The molecular weight excluding hydrogens is 240 g/mol. The average molecular weight is 256 g/mol. The van der Waals surface area contributed by atoms with E-state index in [1.807, 2.05) is 25.1 Å². The molecule has 1 aromatic carbocycles. The van der Waals surface area contributed by atoms with Gasteiger partial charge in [0.2, 0.25) is 5.91 Å². The number of carbonyl (C=O) groups is 1. The number of anilines is 2. The number of carbonyl (C=O) groups excluding carboxylic acids is 1. The van der Waals surface area contributed by atoms with Gasteiger partial charge in [-0.1, -0.05) is 6.07 Å². The topological polar surface area (TPSA) is 66.9 Å². The Hall–Kier alpha value is -2.43. The molecule has 0 saturated carbocycles. The van der Waals surface area contributed by atoms with Crippen LogP contribution < -0.4 is 10.6 Å². The molecule has 19 heavy (non-hydrogen) atoms. The normalized spacial score (nSPS) is 10.0. The SMILES string of the molecule is CC(=O)Nc1cc(NCc2cnccn2)ccc1C. The number of aromatic nitrogens is 2. The van der Waals surface area contributed by atoms with E-state index in [2.05, 4.69) is 20.6 Å². The summed E-state index contributed by atoms with van der Waals surface area (Å²) in [5.41, 5.74) is 3.64. The maximum absolute atomic E-state index is 11.1. The molecule has 0 aliphatic carbocycles. The van der Waals surface area contributed by atoms with Gasteiger partial charge in [-0.15, -0.1) is 0 Å². The Morgan fingerprint density at radius 3 is 2.84 bits per heavy atom. The number of amides is 1. The third-order valence-electron chi connectivity index (χ3n) is 2.64. The Labute approximate surface area is 112 Å². The van der Waals surface area contributed by atoms with Gasteiger partial charge in [0.05, 0.1) is 18.4 Å². The molecule has 1 aromatic heterocycles. The van der Waals surface area contributed by atoms with Gasteiger partial charge < -0.3 is 10.6 Å². The van der Waals surface area contributed by atoms with E-state index in [9.17, 15) is 4.79 Å². The van der Waals surface area contributed by atoms with Crippen molar-refractivity contribution in [1.82, 2.24) is 9.97 Å². The Morgan fingerprint density at radius 2 is 2.16 bits per heavy atom. The Bertz CT molecular complexity index is 569. The van der Waals surface area contributed by atoms with E-state index in [1.165, 1.54) is 6.92 Å². The molecule has 1 amide bonds. The summed E-state index contributed by atoms with van der Waals surface area (Å²) in [7, 11) is 0. The number of nitrogens with one attached hydrogen (secondary N) is 2. The van der Waals surface area contributed by atoms with Crippen LogP contribution in [0.3, 0.4) is 0 Å². The minimum atomic E-state index is -0.0748. The summed E-state index contributed by atoms with van der Waals surface area (Å²) in [6.07, 6.45) is 5.02. The second kappa shape index (κ2) is 5.95. The second-order valence-electron chi connectivity index (χ2n) is 4.26. The van der Waals surface area contributed by atoms with Crippen LogP contribution in [0.1, 0.15) is 18.2 Å². The predicted octanol–water partition coefficient (Wildman–Crippen LogP) is 2.36. The zero-order chi connectivity index (χ0) is 13.7. The van der Waals surface area contributed by atoms with Gasteiger partial charge in [0.25, 0.3) is 0 Å². The lowest BCUT2D eigenvalue weighted by Crippen LogP contribution is -2.08. The van der Waals surface area contributed by atoms with E-state index in [4.69, 9.17) is 0 Å². The van der Waals surface area contributed by atoms with E-state index >= 15 is 0 Å². The molecule has 0 spiro atoms. The summed E-state index contributed by atoms with van der Waals surface area (Å²) < 4.78 is 0. The summed E-state index contributed by atoms with van der Waals surface area (Å²) in [5.74, 6) is -0.0748. The smallest absolute Gasteiger partial charge is 0.221 e. The summed E-state index contributed by atoms with van der Waals surface area (Å²) in [6.45, 7) is 4.05. The lowest BCUT2D eigenvalue weighted by molar-refractivity contribution is -0.114. The zero-order valence-electron chi connectivity index (χ0n) is 11.0. The van der Waals surface area contributed by atoms with Crippen molar-refractivity contribution >= 4 is 17.3 Å². The molecule has 0 unspecified atom stereocenters. The van der Waals surface area contributed by atoms with E-state index < -0.39 is 0 Å². The van der Waals surface area contributed by atoms with Crippen LogP contribution in [-0.2, 0) is 11.3 Å². The third-order valence-corrected chi connectivity index (χ3v) is 2.64. The third kappa shape index (κ3) is 3.77. The second-order valence-corrected chi connectivity index (χ2v) is 4.26. The molecule has 0 radical (unpaired) electrons. The van der Waals surface area contributed by atoms with Crippen LogP contribution in [0.25, 0.3) is 0 Å². The number of benzene rings is 1. The van der Waals surface area contributed by atoms with Crippen LogP contribution in [0.4, 0.5) is 11.4 Å². The highest BCUT2D eigenvalue weighted by atomic mass is 16.1. The van der Waals surface area contributed by atoms with E-state index in [1.54, 1.807) is 18.6 Å². The molecule has 0 fully saturated rings. The van der Waals surface area contributed by atoms with Gasteiger partial charge in [0, 0.05) is 30.7 Å². The first kappa shape index (κ1) is 13.0. The molecule has 0 bridgehead atoms. The van der Waals surface area contributed by atoms with Crippen molar-refractivity contribution in [2.75, 3.05) is 10.6 Å². The summed E-state index contributed by atoms with van der Waals surface area (Å²) in [6, 6.07) is 5.84. The minimum Gasteiger partial charge on any atom is -0.379 e. The summed E-state index contributed by atoms with van der Waals surface area (Å²) in [5, 5.41) is 6.05. The van der Waals surface area contributed by atoms with Gasteiger partial charge in [-0.3, -0.25) is 14.8 Å². The predicted molar refractivity (Wildman–Crippen MR) is 74.8 cm³/mol. The highest BCUT2D eigenvalue weighted by molar-refractivity contribution is 5.90. The van der Waals surface area contributed by atoms with Gasteiger partial charge in [0.15, 0.2) is 0 Å². The molecular formula is C14H16N4O. The summed E-state index contributed by atoms with van der Waals surface area (Å²) >= 11 is 0. The van der Waals surface area contributed by atoms with E-state index in [0.29, 0.717) is 6.54 Å². The van der Waals surface area contributed by atoms with Gasteiger partial charge >= 0.3 is 0 Å². The van der Waals surface area contributed by atoms with Gasteiger partial charge in [-0.05, 0) is 24.6 Å². The van der Waals surface area contributed by atoms with Crippen LogP contribution in [-0.4, -0.2) is 15.9 Å². The van der Waals surface area contributed by atoms with E-state index in [-0.39, 0.29) is 5.91 Å². The van der Waals surface area contributed by atoms with Crippen molar-refractivity contribution in [1.29, 1.82) is 0 Å². The first-order chi connectivity index (χ1) is 9.15. The lowest BCUT2D eigenvalue weighted by Gasteiger charge is -2.10. The Kier molecular flexibility index (Phi) is 4.07. The van der Waals surface area contributed by atoms with Gasteiger partial charge in [0.1, 0.15) is 0 Å². The largest absolute Gasteiger partial charge is 0.379 e. The fourth-order valence-corrected chi connectivity index (χ4v) is 1.67. The highest BCUT2D eigenvalue weighted by Crippen LogP contribution is 2.20. The van der Waals surface area contributed by atoms with Crippen molar-refractivity contribution in [2.24, 2.45) is 0 Å². The van der Waals surface area contributed by atoms with Crippen molar-refractivity contribution in [3.63, 3.8) is 0 Å². The van der Waals surface area contributed by atoms with E-state index in [0.717, 1.165) is 22.6 Å². The zero-order valence-corrected chi connectivity index (χ0v) is 11.0. The number of aryl methyl sites for hydroxylation is 1. The van der Waals surface area contributed by atoms with Gasteiger partial charge in [-0.2, -0.15) is 0 Å². The maximum Gasteiger partial charge on any atom is 0.221 e. The molecule has 1 heterocycles. The first-order valence-electron chi connectivity index (χ1n) is 6.02. The molecule has 5 heteroatoms. The van der Waals surface area contributed by atoms with Gasteiger partial charge in [-0.25, -0.2) is 0 Å². The Balaban J connectivity index is 2.06. The Morgan fingerprint density at radius 1 is 1.32 bits per heavy atom. The molecule has 5 nitrogen and oxygen atoms in total.